The summed E-state index contributed by atoms with van der Waals surface area (Å²) in [6.45, 7) is 1.85. The number of nitrogens with one attached hydrogen (secondary N) is 2. The lowest BCUT2D eigenvalue weighted by Gasteiger charge is -2.18. The molecular weight excluding hydrogens is 256 g/mol. The predicted molar refractivity (Wildman–Crippen MR) is 70.5 cm³/mol. The van der Waals surface area contributed by atoms with Crippen LogP contribution in [-0.2, 0) is 13.0 Å². The lowest BCUT2D eigenvalue weighted by atomic mass is 9.95. The maximum Gasteiger partial charge on any atom is 0.258 e. The third-order valence-corrected chi connectivity index (χ3v) is 3.42. The van der Waals surface area contributed by atoms with Crippen molar-refractivity contribution in [1.82, 2.24) is 30.6 Å². The molecule has 0 bridgehead atoms. The molecule has 3 aromatic rings. The summed E-state index contributed by atoms with van der Waals surface area (Å²) in [7, 11) is 0. The summed E-state index contributed by atoms with van der Waals surface area (Å²) in [5, 5.41) is 13.8. The van der Waals surface area contributed by atoms with Crippen LogP contribution >= 0.6 is 0 Å². The molecule has 0 saturated carbocycles. The zero-order valence-electron chi connectivity index (χ0n) is 10.6. The van der Waals surface area contributed by atoms with Crippen molar-refractivity contribution >= 4 is 0 Å². The van der Waals surface area contributed by atoms with Gasteiger partial charge in [0.15, 0.2) is 5.82 Å². The van der Waals surface area contributed by atoms with Crippen molar-refractivity contribution in [3.05, 3.63) is 35.7 Å². The van der Waals surface area contributed by atoms with Crippen molar-refractivity contribution in [2.24, 2.45) is 0 Å². The number of aromatic amines is 1. The minimum absolute atomic E-state index is 0.420. The van der Waals surface area contributed by atoms with Gasteiger partial charge in [-0.3, -0.25) is 5.10 Å². The van der Waals surface area contributed by atoms with Gasteiger partial charge >= 0.3 is 0 Å². The van der Waals surface area contributed by atoms with Crippen LogP contribution in [0.1, 0.15) is 11.1 Å². The standard InChI is InChI=1S/C13H12N6O/c1-2-8-6-14-5-4-9(8)10(3-1)13-17-12(19-20-13)11-15-7-16-18-11/h1-3,7,14H,4-6H2,(H,15,16,18). The number of nitrogens with zero attached hydrogens (tertiary/aromatic N) is 4. The van der Waals surface area contributed by atoms with Gasteiger partial charge < -0.3 is 9.84 Å². The summed E-state index contributed by atoms with van der Waals surface area (Å²) in [4.78, 5) is 8.42. The van der Waals surface area contributed by atoms with E-state index in [0.29, 0.717) is 17.5 Å². The van der Waals surface area contributed by atoms with Crippen LogP contribution in [0, 0.1) is 0 Å². The Morgan fingerprint density at radius 2 is 2.25 bits per heavy atom. The van der Waals surface area contributed by atoms with Crippen LogP contribution < -0.4 is 5.32 Å². The van der Waals surface area contributed by atoms with Gasteiger partial charge in [0, 0.05) is 12.1 Å². The molecule has 7 nitrogen and oxygen atoms in total. The van der Waals surface area contributed by atoms with E-state index in [-0.39, 0.29) is 0 Å². The first kappa shape index (κ1) is 11.3. The third-order valence-electron chi connectivity index (χ3n) is 3.42. The van der Waals surface area contributed by atoms with Gasteiger partial charge in [0.2, 0.25) is 5.82 Å². The van der Waals surface area contributed by atoms with Crippen molar-refractivity contribution in [2.75, 3.05) is 6.54 Å². The zero-order chi connectivity index (χ0) is 13.4. The van der Waals surface area contributed by atoms with E-state index < -0.39 is 0 Å². The summed E-state index contributed by atoms with van der Waals surface area (Å²) in [6, 6.07) is 6.15. The van der Waals surface area contributed by atoms with Crippen molar-refractivity contribution in [1.29, 1.82) is 0 Å². The molecule has 1 aliphatic heterocycles. The van der Waals surface area contributed by atoms with Gasteiger partial charge in [-0.2, -0.15) is 10.1 Å². The van der Waals surface area contributed by atoms with E-state index in [1.165, 1.54) is 17.5 Å². The Bertz CT molecular complexity index is 733. The van der Waals surface area contributed by atoms with E-state index in [4.69, 9.17) is 4.52 Å². The third kappa shape index (κ3) is 1.79. The Morgan fingerprint density at radius 1 is 1.25 bits per heavy atom. The minimum atomic E-state index is 0.420. The van der Waals surface area contributed by atoms with Gasteiger partial charge in [0.25, 0.3) is 5.89 Å². The quantitative estimate of drug-likeness (QED) is 0.724. The summed E-state index contributed by atoms with van der Waals surface area (Å²) < 4.78 is 5.37. The van der Waals surface area contributed by atoms with E-state index in [9.17, 15) is 0 Å². The highest BCUT2D eigenvalue weighted by atomic mass is 16.5. The molecule has 0 spiro atoms. The van der Waals surface area contributed by atoms with Crippen molar-refractivity contribution in [3.63, 3.8) is 0 Å². The molecular formula is C13H12N6O. The Labute approximate surface area is 114 Å². The predicted octanol–water partition coefficient (Wildman–Crippen LogP) is 1.17. The molecule has 2 aromatic heterocycles. The van der Waals surface area contributed by atoms with Gasteiger partial charge in [0.05, 0.1) is 0 Å². The molecule has 0 aliphatic carbocycles. The van der Waals surface area contributed by atoms with Crippen LogP contribution in [0.25, 0.3) is 23.1 Å². The highest BCUT2D eigenvalue weighted by molar-refractivity contribution is 5.63. The first-order valence-electron chi connectivity index (χ1n) is 6.43. The topological polar surface area (TPSA) is 92.5 Å². The first-order valence-corrected chi connectivity index (χ1v) is 6.43. The van der Waals surface area contributed by atoms with E-state index in [0.717, 1.165) is 25.1 Å². The van der Waals surface area contributed by atoms with Crippen molar-refractivity contribution in [3.8, 4) is 23.1 Å². The number of H-pyrrole nitrogens is 1. The van der Waals surface area contributed by atoms with Crippen molar-refractivity contribution in [2.45, 2.75) is 13.0 Å². The smallest absolute Gasteiger partial charge is 0.258 e. The average Bonchev–Trinajstić information content (AvgIpc) is 3.17. The molecule has 0 unspecified atom stereocenters. The zero-order valence-corrected chi connectivity index (χ0v) is 10.6. The SMILES string of the molecule is c1cc2c(c(-c3nc(-c4ncn[nH]4)no3)c1)CCNC2. The van der Waals surface area contributed by atoms with Crippen LogP contribution in [0.15, 0.2) is 29.0 Å². The lowest BCUT2D eigenvalue weighted by Crippen LogP contribution is -2.24. The summed E-state index contributed by atoms with van der Waals surface area (Å²) in [5.74, 6) is 1.45. The summed E-state index contributed by atoms with van der Waals surface area (Å²) in [6.07, 6.45) is 2.38. The van der Waals surface area contributed by atoms with E-state index >= 15 is 0 Å². The van der Waals surface area contributed by atoms with Crippen LogP contribution in [-0.4, -0.2) is 31.9 Å². The maximum atomic E-state index is 5.37. The molecule has 0 amide bonds. The number of rotatable bonds is 2. The van der Waals surface area contributed by atoms with E-state index in [1.807, 2.05) is 12.1 Å². The summed E-state index contributed by atoms with van der Waals surface area (Å²) >= 11 is 0. The molecule has 20 heavy (non-hydrogen) atoms. The minimum Gasteiger partial charge on any atom is -0.333 e. The molecule has 1 aliphatic rings. The monoisotopic (exact) mass is 268 g/mol. The highest BCUT2D eigenvalue weighted by Gasteiger charge is 2.19. The molecule has 0 saturated heterocycles. The van der Waals surface area contributed by atoms with Gasteiger partial charge in [0.1, 0.15) is 6.33 Å². The molecule has 0 atom stereocenters. The van der Waals surface area contributed by atoms with Crippen LogP contribution in [0.5, 0.6) is 0 Å². The Balaban J connectivity index is 1.78. The molecule has 0 fully saturated rings. The maximum absolute atomic E-state index is 5.37. The fourth-order valence-corrected chi connectivity index (χ4v) is 2.47. The summed E-state index contributed by atoms with van der Waals surface area (Å²) in [5.41, 5.74) is 3.56. The van der Waals surface area contributed by atoms with E-state index in [1.54, 1.807) is 0 Å². The van der Waals surface area contributed by atoms with Gasteiger partial charge in [-0.1, -0.05) is 17.3 Å². The number of fused-ring (bicyclic) bond motifs is 1. The number of hydrogen-bond donors (Lipinski definition) is 2. The second kappa shape index (κ2) is 4.53. The second-order valence-electron chi connectivity index (χ2n) is 4.63. The fourth-order valence-electron chi connectivity index (χ4n) is 2.47. The van der Waals surface area contributed by atoms with Gasteiger partial charge in [-0.25, -0.2) is 4.98 Å². The molecule has 3 heterocycles. The first-order chi connectivity index (χ1) is 9.92. The van der Waals surface area contributed by atoms with Crippen LogP contribution in [0.2, 0.25) is 0 Å². The largest absolute Gasteiger partial charge is 0.333 e. The molecule has 7 heteroatoms. The Hall–Kier alpha value is -2.54. The Kier molecular flexibility index (Phi) is 2.56. The highest BCUT2D eigenvalue weighted by Crippen LogP contribution is 2.28. The number of benzene rings is 1. The number of hydrogen-bond acceptors (Lipinski definition) is 6. The molecule has 100 valence electrons. The Morgan fingerprint density at radius 3 is 3.15 bits per heavy atom. The fraction of sp³-hybridized carbons (Fsp3) is 0.231. The average molecular weight is 268 g/mol. The second-order valence-corrected chi connectivity index (χ2v) is 4.63. The normalized spacial score (nSPS) is 14.2. The van der Waals surface area contributed by atoms with Crippen LogP contribution in [0.3, 0.4) is 0 Å². The number of aromatic nitrogens is 5. The molecule has 0 radical (unpaired) electrons. The van der Waals surface area contributed by atoms with Gasteiger partial charge in [-0.05, 0) is 30.2 Å². The molecule has 4 rings (SSSR count). The van der Waals surface area contributed by atoms with Crippen molar-refractivity contribution < 1.29 is 4.52 Å². The molecule has 2 N–H and O–H groups in total. The lowest BCUT2D eigenvalue weighted by molar-refractivity contribution is 0.431. The van der Waals surface area contributed by atoms with Crippen LogP contribution in [0.4, 0.5) is 0 Å². The van der Waals surface area contributed by atoms with Gasteiger partial charge in [-0.15, -0.1) is 0 Å². The molecule has 1 aromatic carbocycles. The van der Waals surface area contributed by atoms with E-state index in [2.05, 4.69) is 36.7 Å².